The van der Waals surface area contributed by atoms with Gasteiger partial charge < -0.3 is 15.4 Å². The lowest BCUT2D eigenvalue weighted by molar-refractivity contribution is -0.125. The summed E-state index contributed by atoms with van der Waals surface area (Å²) in [5.41, 5.74) is 0.401. The zero-order valence-corrected chi connectivity index (χ0v) is 16.2. The van der Waals surface area contributed by atoms with E-state index in [1.165, 1.54) is 32.1 Å². The van der Waals surface area contributed by atoms with Crippen molar-refractivity contribution in [2.75, 3.05) is 32.2 Å². The molecule has 2 aliphatic carbocycles. The zero-order chi connectivity index (χ0) is 14.0. The fourth-order valence-electron chi connectivity index (χ4n) is 4.52. The Hall–Kier alpha value is 0.310. The van der Waals surface area contributed by atoms with E-state index in [1.807, 2.05) is 18.8 Å². The number of rotatable bonds is 4. The third-order valence-corrected chi connectivity index (χ3v) is 6.01. The third kappa shape index (κ3) is 3.17. The molecule has 3 aliphatic rings. The van der Waals surface area contributed by atoms with E-state index in [0.717, 1.165) is 24.9 Å². The maximum absolute atomic E-state index is 6.03. The minimum Gasteiger partial charge on any atom is -0.377 e. The van der Waals surface area contributed by atoms with Crippen molar-refractivity contribution in [1.82, 2.24) is 10.6 Å². The van der Waals surface area contributed by atoms with Gasteiger partial charge in [0, 0.05) is 43.3 Å². The quantitative estimate of drug-likeness (QED) is 0.315. The van der Waals surface area contributed by atoms with Crippen LogP contribution in [0.2, 0.25) is 0 Å². The number of nitrogens with zero attached hydrogens (tertiary/aromatic N) is 1. The van der Waals surface area contributed by atoms with Crippen molar-refractivity contribution in [2.24, 2.45) is 16.3 Å². The molecule has 4 nitrogen and oxygen atoms in total. The standard InChI is InChI=1S/C15H27N3OS.HI/c1-16-14(17-8-10-20-2)18-12-11-5-9-19-13(11)15(12)6-3-4-7-15;/h11-13H,3-10H2,1-2H3,(H2,16,17,18);1H. The highest BCUT2D eigenvalue weighted by atomic mass is 127. The van der Waals surface area contributed by atoms with E-state index >= 15 is 0 Å². The van der Waals surface area contributed by atoms with Crippen LogP contribution in [0.5, 0.6) is 0 Å². The number of guanidine groups is 1. The number of thioether (sulfide) groups is 1. The predicted molar refractivity (Wildman–Crippen MR) is 101 cm³/mol. The fourth-order valence-corrected chi connectivity index (χ4v) is 4.82. The van der Waals surface area contributed by atoms with E-state index in [9.17, 15) is 0 Å². The van der Waals surface area contributed by atoms with Gasteiger partial charge in [-0.25, -0.2) is 0 Å². The van der Waals surface area contributed by atoms with E-state index in [1.54, 1.807) is 0 Å². The molecule has 1 aliphatic heterocycles. The van der Waals surface area contributed by atoms with Gasteiger partial charge in [0.2, 0.25) is 0 Å². The first kappa shape index (κ1) is 17.7. The first-order valence-corrected chi connectivity index (χ1v) is 9.29. The Morgan fingerprint density at radius 3 is 2.81 bits per heavy atom. The van der Waals surface area contributed by atoms with Gasteiger partial charge in [0.1, 0.15) is 0 Å². The summed E-state index contributed by atoms with van der Waals surface area (Å²) < 4.78 is 6.03. The lowest BCUT2D eigenvalue weighted by Crippen LogP contribution is -2.69. The van der Waals surface area contributed by atoms with Crippen LogP contribution in [-0.4, -0.2) is 50.3 Å². The molecule has 0 aromatic rings. The SMILES string of the molecule is CN=C(NCCSC)NC1C2CCOC2C12CCCC2.I. The van der Waals surface area contributed by atoms with Gasteiger partial charge in [-0.3, -0.25) is 4.99 Å². The summed E-state index contributed by atoms with van der Waals surface area (Å²) in [6.45, 7) is 1.93. The number of hydrogen-bond acceptors (Lipinski definition) is 3. The Labute approximate surface area is 149 Å². The average molecular weight is 425 g/mol. The van der Waals surface area contributed by atoms with Crippen molar-refractivity contribution in [2.45, 2.75) is 44.2 Å². The summed E-state index contributed by atoms with van der Waals surface area (Å²) in [6, 6.07) is 0.568. The van der Waals surface area contributed by atoms with Gasteiger partial charge in [-0.05, 0) is 25.5 Å². The molecule has 3 fully saturated rings. The maximum Gasteiger partial charge on any atom is 0.191 e. The summed E-state index contributed by atoms with van der Waals surface area (Å²) in [6.07, 6.45) is 9.25. The van der Waals surface area contributed by atoms with Crippen LogP contribution in [0.3, 0.4) is 0 Å². The van der Waals surface area contributed by atoms with Crippen LogP contribution >= 0.6 is 35.7 Å². The second-order valence-corrected chi connectivity index (χ2v) is 7.28. The number of nitrogens with one attached hydrogen (secondary N) is 2. The van der Waals surface area contributed by atoms with Crippen LogP contribution < -0.4 is 10.6 Å². The molecule has 6 heteroatoms. The molecule has 3 rings (SSSR count). The second kappa shape index (κ2) is 7.73. The number of hydrogen-bond donors (Lipinski definition) is 2. The molecule has 0 amide bonds. The van der Waals surface area contributed by atoms with E-state index in [4.69, 9.17) is 4.74 Å². The van der Waals surface area contributed by atoms with Gasteiger partial charge in [-0.2, -0.15) is 11.8 Å². The van der Waals surface area contributed by atoms with Gasteiger partial charge in [-0.1, -0.05) is 12.8 Å². The van der Waals surface area contributed by atoms with Crippen molar-refractivity contribution >= 4 is 41.7 Å². The molecule has 2 saturated carbocycles. The molecule has 0 bridgehead atoms. The summed E-state index contributed by atoms with van der Waals surface area (Å²) in [5.74, 6) is 2.79. The molecule has 1 spiro atoms. The monoisotopic (exact) mass is 425 g/mol. The molecule has 0 aromatic carbocycles. The second-order valence-electron chi connectivity index (χ2n) is 6.30. The normalized spacial score (nSPS) is 33.2. The highest BCUT2D eigenvalue weighted by molar-refractivity contribution is 14.0. The van der Waals surface area contributed by atoms with E-state index in [-0.39, 0.29) is 24.0 Å². The van der Waals surface area contributed by atoms with Crippen molar-refractivity contribution in [3.05, 3.63) is 0 Å². The topological polar surface area (TPSA) is 45.7 Å². The van der Waals surface area contributed by atoms with Crippen LogP contribution in [0.25, 0.3) is 0 Å². The Morgan fingerprint density at radius 1 is 1.38 bits per heavy atom. The maximum atomic E-state index is 6.03. The fraction of sp³-hybridized carbons (Fsp3) is 0.933. The molecular formula is C15H28IN3OS. The first-order valence-electron chi connectivity index (χ1n) is 7.89. The van der Waals surface area contributed by atoms with Gasteiger partial charge >= 0.3 is 0 Å². The highest BCUT2D eigenvalue weighted by Crippen LogP contribution is 2.60. The molecule has 21 heavy (non-hydrogen) atoms. The molecule has 3 unspecified atom stereocenters. The van der Waals surface area contributed by atoms with E-state index in [0.29, 0.717) is 23.5 Å². The van der Waals surface area contributed by atoms with Crippen molar-refractivity contribution in [1.29, 1.82) is 0 Å². The molecule has 2 N–H and O–H groups in total. The predicted octanol–water partition coefficient (Wildman–Crippen LogP) is 2.48. The summed E-state index contributed by atoms with van der Waals surface area (Å²) >= 11 is 1.86. The van der Waals surface area contributed by atoms with Crippen LogP contribution in [0.15, 0.2) is 4.99 Å². The van der Waals surface area contributed by atoms with Gasteiger partial charge in [-0.15, -0.1) is 24.0 Å². The van der Waals surface area contributed by atoms with Crippen molar-refractivity contribution in [3.8, 4) is 0 Å². The van der Waals surface area contributed by atoms with Gasteiger partial charge in [0.05, 0.1) is 6.10 Å². The van der Waals surface area contributed by atoms with Gasteiger partial charge in [0.25, 0.3) is 0 Å². The smallest absolute Gasteiger partial charge is 0.191 e. The number of fused-ring (bicyclic) bond motifs is 2. The summed E-state index contributed by atoms with van der Waals surface area (Å²) in [5, 5.41) is 7.15. The van der Waals surface area contributed by atoms with Gasteiger partial charge in [0.15, 0.2) is 5.96 Å². The molecule has 0 radical (unpaired) electrons. The van der Waals surface area contributed by atoms with E-state index in [2.05, 4.69) is 21.9 Å². The Bertz CT molecular complexity index is 374. The Balaban J connectivity index is 0.00000161. The lowest BCUT2D eigenvalue weighted by Gasteiger charge is -2.57. The minimum absolute atomic E-state index is 0. The molecular weight excluding hydrogens is 397 g/mol. The largest absolute Gasteiger partial charge is 0.377 e. The average Bonchev–Trinajstić information content (AvgIpc) is 3.10. The highest BCUT2D eigenvalue weighted by Gasteiger charge is 2.65. The number of aliphatic imine (C=N–C) groups is 1. The molecule has 122 valence electrons. The first-order chi connectivity index (χ1) is 9.81. The van der Waals surface area contributed by atoms with Crippen molar-refractivity contribution in [3.63, 3.8) is 0 Å². The summed E-state index contributed by atoms with van der Waals surface area (Å²) in [4.78, 5) is 4.39. The zero-order valence-electron chi connectivity index (χ0n) is 13.1. The lowest BCUT2D eigenvalue weighted by atomic mass is 9.54. The molecule has 1 saturated heterocycles. The molecule has 3 atom stereocenters. The summed E-state index contributed by atoms with van der Waals surface area (Å²) in [7, 11) is 1.87. The number of halogens is 1. The van der Waals surface area contributed by atoms with Crippen LogP contribution in [-0.2, 0) is 4.74 Å². The molecule has 0 aromatic heterocycles. The van der Waals surface area contributed by atoms with Crippen LogP contribution in [0.4, 0.5) is 0 Å². The third-order valence-electron chi connectivity index (χ3n) is 5.40. The molecule has 1 heterocycles. The number of ether oxygens (including phenoxy) is 1. The van der Waals surface area contributed by atoms with Crippen molar-refractivity contribution < 1.29 is 4.74 Å². The van der Waals surface area contributed by atoms with Crippen LogP contribution in [0.1, 0.15) is 32.1 Å². The minimum atomic E-state index is 0. The van der Waals surface area contributed by atoms with Crippen LogP contribution in [0, 0.1) is 11.3 Å². The van der Waals surface area contributed by atoms with E-state index < -0.39 is 0 Å². The Kier molecular flexibility index (Phi) is 6.50. The Morgan fingerprint density at radius 2 is 2.14 bits per heavy atom.